The van der Waals surface area contributed by atoms with Crippen LogP contribution < -0.4 is 5.32 Å². The Hall–Kier alpha value is -2.10. The third-order valence-corrected chi connectivity index (χ3v) is 1.95. The van der Waals surface area contributed by atoms with Crippen LogP contribution in [0.5, 0.6) is 0 Å². The van der Waals surface area contributed by atoms with Crippen LogP contribution in [0.25, 0.3) is 0 Å². The average molecular weight is 246 g/mol. The Morgan fingerprint density at radius 2 is 1.76 bits per heavy atom. The molecule has 17 heavy (non-hydrogen) atoms. The fourth-order valence-electron chi connectivity index (χ4n) is 0.973. The van der Waals surface area contributed by atoms with Crippen LogP contribution in [-0.2, 0) is 4.79 Å². The van der Waals surface area contributed by atoms with E-state index in [0.29, 0.717) is 0 Å². The molecule has 1 amide bonds. The van der Waals surface area contributed by atoms with Gasteiger partial charge in [0.05, 0.1) is 6.07 Å². The van der Waals surface area contributed by atoms with Gasteiger partial charge in [-0.15, -0.1) is 0 Å². The van der Waals surface area contributed by atoms with Gasteiger partial charge in [-0.3, -0.25) is 4.79 Å². The highest BCUT2D eigenvalue weighted by molar-refractivity contribution is 5.94. The molecule has 7 heteroatoms. The van der Waals surface area contributed by atoms with E-state index in [1.807, 2.05) is 0 Å². The SMILES string of the molecule is CC(C#N)C(=O)Nc1c(F)c(F)cc(F)c1F. The molecule has 90 valence electrons. The van der Waals surface area contributed by atoms with Crippen LogP contribution in [0.2, 0.25) is 0 Å². The predicted octanol–water partition coefficient (Wildman–Crippen LogP) is 2.34. The molecule has 0 aliphatic carbocycles. The normalized spacial score (nSPS) is 11.8. The predicted molar refractivity (Wildman–Crippen MR) is 49.7 cm³/mol. The zero-order valence-corrected chi connectivity index (χ0v) is 8.52. The molecule has 0 heterocycles. The summed E-state index contributed by atoms with van der Waals surface area (Å²) in [6, 6.07) is 1.53. The highest BCUT2D eigenvalue weighted by atomic mass is 19.2. The zero-order valence-electron chi connectivity index (χ0n) is 8.52. The lowest BCUT2D eigenvalue weighted by Gasteiger charge is -2.09. The number of hydrogen-bond acceptors (Lipinski definition) is 2. The average Bonchev–Trinajstić information content (AvgIpc) is 2.30. The van der Waals surface area contributed by atoms with E-state index in [1.165, 1.54) is 13.0 Å². The lowest BCUT2D eigenvalue weighted by Crippen LogP contribution is -2.21. The van der Waals surface area contributed by atoms with E-state index < -0.39 is 40.8 Å². The molecule has 3 nitrogen and oxygen atoms in total. The first-order valence-corrected chi connectivity index (χ1v) is 4.42. The van der Waals surface area contributed by atoms with Crippen molar-refractivity contribution in [3.8, 4) is 6.07 Å². The number of anilines is 1. The van der Waals surface area contributed by atoms with Crippen molar-refractivity contribution in [3.05, 3.63) is 29.3 Å². The minimum atomic E-state index is -1.72. The van der Waals surface area contributed by atoms with E-state index in [2.05, 4.69) is 0 Å². The second-order valence-electron chi connectivity index (χ2n) is 3.18. The summed E-state index contributed by atoms with van der Waals surface area (Å²) in [5.74, 6) is -8.98. The van der Waals surface area contributed by atoms with Crippen LogP contribution in [0, 0.1) is 40.5 Å². The fraction of sp³-hybridized carbons (Fsp3) is 0.200. The molecule has 0 radical (unpaired) electrons. The van der Waals surface area contributed by atoms with Gasteiger partial charge in [-0.2, -0.15) is 5.26 Å². The van der Waals surface area contributed by atoms with Gasteiger partial charge in [-0.25, -0.2) is 17.6 Å². The Labute approximate surface area is 93.7 Å². The number of hydrogen-bond donors (Lipinski definition) is 1. The lowest BCUT2D eigenvalue weighted by molar-refractivity contribution is -0.118. The summed E-state index contributed by atoms with van der Waals surface area (Å²) in [6.07, 6.45) is 0. The Morgan fingerprint density at radius 1 is 1.29 bits per heavy atom. The minimum Gasteiger partial charge on any atom is -0.320 e. The third kappa shape index (κ3) is 2.53. The number of benzene rings is 1. The van der Waals surface area contributed by atoms with Crippen molar-refractivity contribution < 1.29 is 22.4 Å². The molecule has 1 atom stereocenters. The van der Waals surface area contributed by atoms with Crippen molar-refractivity contribution in [2.75, 3.05) is 5.32 Å². The molecule has 0 aliphatic rings. The second-order valence-corrected chi connectivity index (χ2v) is 3.18. The molecule has 0 saturated carbocycles. The highest BCUT2D eigenvalue weighted by Crippen LogP contribution is 2.24. The van der Waals surface area contributed by atoms with Gasteiger partial charge < -0.3 is 5.32 Å². The maximum absolute atomic E-state index is 13.1. The van der Waals surface area contributed by atoms with Crippen LogP contribution in [0.15, 0.2) is 6.07 Å². The van der Waals surface area contributed by atoms with Crippen LogP contribution in [0.4, 0.5) is 23.2 Å². The largest absolute Gasteiger partial charge is 0.320 e. The maximum atomic E-state index is 13.1. The lowest BCUT2D eigenvalue weighted by atomic mass is 10.2. The number of nitrogens with zero attached hydrogens (tertiary/aromatic N) is 1. The van der Waals surface area contributed by atoms with Gasteiger partial charge in [-0.05, 0) is 6.92 Å². The van der Waals surface area contributed by atoms with E-state index in [0.717, 1.165) is 0 Å². The van der Waals surface area contributed by atoms with Gasteiger partial charge in [-0.1, -0.05) is 0 Å². The van der Waals surface area contributed by atoms with Crippen LogP contribution in [0.3, 0.4) is 0 Å². The van der Waals surface area contributed by atoms with Gasteiger partial charge in [0.1, 0.15) is 11.6 Å². The second kappa shape index (κ2) is 4.82. The van der Waals surface area contributed by atoms with E-state index in [1.54, 1.807) is 5.32 Å². The van der Waals surface area contributed by atoms with E-state index in [4.69, 9.17) is 5.26 Å². The van der Waals surface area contributed by atoms with Crippen molar-refractivity contribution in [1.29, 1.82) is 5.26 Å². The number of halogens is 4. The quantitative estimate of drug-likeness (QED) is 0.643. The molecule has 0 fully saturated rings. The first-order valence-electron chi connectivity index (χ1n) is 4.42. The third-order valence-electron chi connectivity index (χ3n) is 1.95. The molecular weight excluding hydrogens is 240 g/mol. The molecule has 1 rings (SSSR count). The standard InChI is InChI=1S/C10H6F4N2O/c1-4(3-15)10(17)16-9-7(13)5(11)2-6(12)8(9)14/h2,4H,1H3,(H,16,17). The van der Waals surface area contributed by atoms with Crippen LogP contribution >= 0.6 is 0 Å². The molecule has 0 spiro atoms. The van der Waals surface area contributed by atoms with Crippen molar-refractivity contribution in [2.24, 2.45) is 5.92 Å². The van der Waals surface area contributed by atoms with Gasteiger partial charge in [0.2, 0.25) is 5.91 Å². The smallest absolute Gasteiger partial charge is 0.241 e. The van der Waals surface area contributed by atoms with Gasteiger partial charge >= 0.3 is 0 Å². The van der Waals surface area contributed by atoms with Crippen molar-refractivity contribution in [1.82, 2.24) is 0 Å². The number of carbonyl (C=O) groups excluding carboxylic acids is 1. The van der Waals surface area contributed by atoms with E-state index in [-0.39, 0.29) is 6.07 Å². The molecule has 1 aromatic carbocycles. The number of carbonyl (C=O) groups is 1. The fourth-order valence-corrected chi connectivity index (χ4v) is 0.973. The first-order chi connectivity index (χ1) is 7.88. The molecule has 0 aromatic heterocycles. The van der Waals surface area contributed by atoms with Crippen molar-refractivity contribution in [3.63, 3.8) is 0 Å². The number of nitrogens with one attached hydrogen (secondary N) is 1. The Balaban J connectivity index is 3.16. The Morgan fingerprint density at radius 3 is 2.18 bits per heavy atom. The van der Waals surface area contributed by atoms with Crippen LogP contribution in [-0.4, -0.2) is 5.91 Å². The summed E-state index contributed by atoms with van der Waals surface area (Å²) in [5.41, 5.74) is -1.24. The Bertz CT molecular complexity index is 484. The maximum Gasteiger partial charge on any atom is 0.241 e. The first kappa shape index (κ1) is 13.0. The topological polar surface area (TPSA) is 52.9 Å². The summed E-state index contributed by atoms with van der Waals surface area (Å²) < 4.78 is 51.7. The van der Waals surface area contributed by atoms with Gasteiger partial charge in [0.15, 0.2) is 23.3 Å². The summed E-state index contributed by atoms with van der Waals surface area (Å²) in [4.78, 5) is 11.2. The molecule has 0 bridgehead atoms. The number of amides is 1. The summed E-state index contributed by atoms with van der Waals surface area (Å²) >= 11 is 0. The minimum absolute atomic E-state index is 0.0219. The van der Waals surface area contributed by atoms with Crippen molar-refractivity contribution in [2.45, 2.75) is 6.92 Å². The zero-order chi connectivity index (χ0) is 13.2. The molecule has 0 aliphatic heterocycles. The van der Waals surface area contributed by atoms with E-state index in [9.17, 15) is 22.4 Å². The summed E-state index contributed by atoms with van der Waals surface area (Å²) in [7, 11) is 0. The van der Waals surface area contributed by atoms with Gasteiger partial charge in [0, 0.05) is 6.07 Å². The number of nitriles is 1. The molecule has 1 unspecified atom stereocenters. The summed E-state index contributed by atoms with van der Waals surface area (Å²) in [6.45, 7) is 1.17. The number of rotatable bonds is 2. The monoisotopic (exact) mass is 246 g/mol. The summed E-state index contributed by atoms with van der Waals surface area (Å²) in [5, 5.41) is 10.0. The van der Waals surface area contributed by atoms with Gasteiger partial charge in [0.25, 0.3) is 0 Å². The molecule has 1 aromatic rings. The highest BCUT2D eigenvalue weighted by Gasteiger charge is 2.22. The van der Waals surface area contributed by atoms with Crippen molar-refractivity contribution >= 4 is 11.6 Å². The molecule has 0 saturated heterocycles. The Kier molecular flexibility index (Phi) is 3.68. The molecule has 1 N–H and O–H groups in total. The molecular formula is C10H6F4N2O. The van der Waals surface area contributed by atoms with Crippen LogP contribution in [0.1, 0.15) is 6.92 Å². The van der Waals surface area contributed by atoms with E-state index >= 15 is 0 Å².